The minimum atomic E-state index is -0.115. The van der Waals surface area contributed by atoms with Crippen LogP contribution in [0.1, 0.15) is 30.5 Å². The van der Waals surface area contributed by atoms with Crippen molar-refractivity contribution in [3.05, 3.63) is 205 Å². The van der Waals surface area contributed by atoms with Gasteiger partial charge in [-0.05, 0) is 100.0 Å². The Kier molecular flexibility index (Phi) is 7.42. The Balaban J connectivity index is 1.15. The van der Waals surface area contributed by atoms with Crippen LogP contribution in [-0.4, -0.2) is 4.57 Å². The molecule has 10 rings (SSSR count). The zero-order chi connectivity index (χ0) is 36.4. The van der Waals surface area contributed by atoms with Gasteiger partial charge in [-0.25, -0.2) is 0 Å². The standard InChI is InChI=1S/C52H40N2/c1-35-14-13-20-42(38-26-24-37(25-27-38)36-15-5-4-6-16-36)51(35)53(41-32-33-44-43-17-7-10-21-47(43)52(2,3)48(44)34-41)39-28-30-40(31-29-39)54-49-22-11-8-18-45(49)46-19-9-12-23-50(46)54/h4-34H,1-3H3. The predicted octanol–water partition coefficient (Wildman–Crippen LogP) is 14.2. The van der Waals surface area contributed by atoms with Gasteiger partial charge in [-0.2, -0.15) is 0 Å². The van der Waals surface area contributed by atoms with Crippen molar-refractivity contribution in [1.82, 2.24) is 4.57 Å². The second-order valence-electron chi connectivity index (χ2n) is 15.0. The highest BCUT2D eigenvalue weighted by molar-refractivity contribution is 6.09. The highest BCUT2D eigenvalue weighted by atomic mass is 15.1. The van der Waals surface area contributed by atoms with E-state index in [1.54, 1.807) is 0 Å². The van der Waals surface area contributed by atoms with E-state index >= 15 is 0 Å². The smallest absolute Gasteiger partial charge is 0.0569 e. The molecule has 0 saturated carbocycles. The SMILES string of the molecule is Cc1cccc(-c2ccc(-c3ccccc3)cc2)c1N(c1ccc(-n2c3ccccc3c3ccccc32)cc1)c1ccc2c(c1)C(C)(C)c1ccccc1-2. The lowest BCUT2D eigenvalue weighted by atomic mass is 9.82. The van der Waals surface area contributed by atoms with Gasteiger partial charge in [0.05, 0.1) is 16.7 Å². The van der Waals surface area contributed by atoms with Gasteiger partial charge >= 0.3 is 0 Å². The van der Waals surface area contributed by atoms with Crippen LogP contribution in [-0.2, 0) is 5.41 Å². The molecule has 0 unspecified atom stereocenters. The Hall–Kier alpha value is -6.64. The van der Waals surface area contributed by atoms with Crippen LogP contribution in [0.4, 0.5) is 17.1 Å². The van der Waals surface area contributed by atoms with Gasteiger partial charge in [0.1, 0.15) is 0 Å². The lowest BCUT2D eigenvalue weighted by molar-refractivity contribution is 0.660. The van der Waals surface area contributed by atoms with Crippen molar-refractivity contribution in [1.29, 1.82) is 0 Å². The van der Waals surface area contributed by atoms with E-state index in [1.807, 2.05) is 0 Å². The normalized spacial score (nSPS) is 12.9. The molecule has 0 aliphatic heterocycles. The Morgan fingerprint density at radius 1 is 0.426 bits per heavy atom. The first-order valence-electron chi connectivity index (χ1n) is 18.9. The Morgan fingerprint density at radius 3 is 1.70 bits per heavy atom. The fourth-order valence-corrected chi connectivity index (χ4v) is 8.85. The number of aromatic nitrogens is 1. The second kappa shape index (κ2) is 12.5. The molecule has 258 valence electrons. The molecule has 8 aromatic carbocycles. The topological polar surface area (TPSA) is 8.17 Å². The van der Waals surface area contributed by atoms with E-state index in [2.05, 4.69) is 218 Å². The minimum absolute atomic E-state index is 0.115. The summed E-state index contributed by atoms with van der Waals surface area (Å²) in [5.41, 5.74) is 18.3. The third kappa shape index (κ3) is 5.02. The number of benzene rings is 8. The molecule has 0 spiro atoms. The molecule has 2 heteroatoms. The molecule has 54 heavy (non-hydrogen) atoms. The van der Waals surface area contributed by atoms with Crippen molar-refractivity contribution in [2.45, 2.75) is 26.2 Å². The van der Waals surface area contributed by atoms with E-state index in [0.29, 0.717) is 0 Å². The van der Waals surface area contributed by atoms with Gasteiger partial charge in [-0.15, -0.1) is 0 Å². The molecule has 1 aromatic heterocycles. The molecule has 1 aliphatic rings. The van der Waals surface area contributed by atoms with E-state index in [9.17, 15) is 0 Å². The highest BCUT2D eigenvalue weighted by Gasteiger charge is 2.36. The zero-order valence-electron chi connectivity index (χ0n) is 30.8. The number of anilines is 3. The van der Waals surface area contributed by atoms with Crippen molar-refractivity contribution >= 4 is 38.9 Å². The largest absolute Gasteiger partial charge is 0.310 e. The van der Waals surface area contributed by atoms with Gasteiger partial charge in [-0.1, -0.05) is 153 Å². The lowest BCUT2D eigenvalue weighted by Crippen LogP contribution is -2.17. The van der Waals surface area contributed by atoms with Crippen LogP contribution in [0, 0.1) is 6.92 Å². The molecular formula is C52H40N2. The molecule has 0 amide bonds. The van der Waals surface area contributed by atoms with Crippen LogP contribution in [0.25, 0.3) is 60.9 Å². The van der Waals surface area contributed by atoms with Crippen LogP contribution >= 0.6 is 0 Å². The van der Waals surface area contributed by atoms with Crippen molar-refractivity contribution in [3.8, 4) is 39.1 Å². The summed E-state index contributed by atoms with van der Waals surface area (Å²) in [6.07, 6.45) is 0. The van der Waals surface area contributed by atoms with Crippen molar-refractivity contribution < 1.29 is 0 Å². The van der Waals surface area contributed by atoms with E-state index in [1.165, 1.54) is 77.6 Å². The Bertz CT molecular complexity index is 2790. The fourth-order valence-electron chi connectivity index (χ4n) is 8.85. The Morgan fingerprint density at radius 2 is 0.981 bits per heavy atom. The monoisotopic (exact) mass is 692 g/mol. The number of aryl methyl sites for hydroxylation is 1. The predicted molar refractivity (Wildman–Crippen MR) is 229 cm³/mol. The third-order valence-corrected chi connectivity index (χ3v) is 11.5. The number of hydrogen-bond donors (Lipinski definition) is 0. The molecular weight excluding hydrogens is 653 g/mol. The van der Waals surface area contributed by atoms with Crippen LogP contribution in [0.2, 0.25) is 0 Å². The van der Waals surface area contributed by atoms with Gasteiger partial charge in [-0.3, -0.25) is 0 Å². The highest BCUT2D eigenvalue weighted by Crippen LogP contribution is 2.51. The summed E-state index contributed by atoms with van der Waals surface area (Å²) < 4.78 is 2.39. The first-order chi connectivity index (χ1) is 26.5. The summed E-state index contributed by atoms with van der Waals surface area (Å²) in [5.74, 6) is 0. The minimum Gasteiger partial charge on any atom is -0.310 e. The maximum atomic E-state index is 2.48. The van der Waals surface area contributed by atoms with Crippen molar-refractivity contribution in [2.75, 3.05) is 4.90 Å². The maximum Gasteiger partial charge on any atom is 0.0569 e. The first-order valence-corrected chi connectivity index (χ1v) is 18.9. The second-order valence-corrected chi connectivity index (χ2v) is 15.0. The number of hydrogen-bond acceptors (Lipinski definition) is 1. The molecule has 1 aliphatic carbocycles. The lowest BCUT2D eigenvalue weighted by Gasteiger charge is -2.31. The van der Waals surface area contributed by atoms with Gasteiger partial charge in [0, 0.05) is 38.8 Å². The van der Waals surface area contributed by atoms with Crippen LogP contribution in [0.5, 0.6) is 0 Å². The number of nitrogens with zero attached hydrogens (tertiary/aromatic N) is 2. The van der Waals surface area contributed by atoms with Gasteiger partial charge in [0.2, 0.25) is 0 Å². The summed E-state index contributed by atoms with van der Waals surface area (Å²) in [6.45, 7) is 6.96. The maximum absolute atomic E-state index is 2.48. The molecule has 0 fully saturated rings. The summed E-state index contributed by atoms with van der Waals surface area (Å²) in [6, 6.07) is 68.9. The van der Waals surface area contributed by atoms with Gasteiger partial charge in [0.25, 0.3) is 0 Å². The number of para-hydroxylation sites is 3. The molecule has 0 atom stereocenters. The first kappa shape index (κ1) is 32.0. The molecule has 0 saturated heterocycles. The zero-order valence-corrected chi connectivity index (χ0v) is 30.8. The molecule has 1 heterocycles. The summed E-state index contributed by atoms with van der Waals surface area (Å²) in [7, 11) is 0. The van der Waals surface area contributed by atoms with E-state index in [-0.39, 0.29) is 5.41 Å². The fraction of sp³-hybridized carbons (Fsp3) is 0.0769. The summed E-state index contributed by atoms with van der Waals surface area (Å²) in [4.78, 5) is 2.48. The number of rotatable bonds is 6. The van der Waals surface area contributed by atoms with Gasteiger partial charge < -0.3 is 9.47 Å². The number of fused-ring (bicyclic) bond motifs is 6. The quantitative estimate of drug-likeness (QED) is 0.168. The average molecular weight is 693 g/mol. The van der Waals surface area contributed by atoms with Crippen LogP contribution < -0.4 is 4.90 Å². The molecule has 0 bridgehead atoms. The van der Waals surface area contributed by atoms with Crippen LogP contribution in [0.3, 0.4) is 0 Å². The molecule has 0 N–H and O–H groups in total. The van der Waals surface area contributed by atoms with Crippen molar-refractivity contribution in [2.24, 2.45) is 0 Å². The Labute approximate surface area is 317 Å². The van der Waals surface area contributed by atoms with E-state index < -0.39 is 0 Å². The molecule has 0 radical (unpaired) electrons. The third-order valence-electron chi connectivity index (χ3n) is 11.5. The van der Waals surface area contributed by atoms with Crippen LogP contribution in [0.15, 0.2) is 188 Å². The average Bonchev–Trinajstić information content (AvgIpc) is 3.68. The molecule has 9 aromatic rings. The summed E-state index contributed by atoms with van der Waals surface area (Å²) in [5, 5.41) is 2.53. The molecule has 2 nitrogen and oxygen atoms in total. The van der Waals surface area contributed by atoms with Crippen molar-refractivity contribution in [3.63, 3.8) is 0 Å². The van der Waals surface area contributed by atoms with E-state index in [0.717, 1.165) is 17.1 Å². The van der Waals surface area contributed by atoms with E-state index in [4.69, 9.17) is 0 Å². The summed E-state index contributed by atoms with van der Waals surface area (Å²) >= 11 is 0. The van der Waals surface area contributed by atoms with Gasteiger partial charge in [0.15, 0.2) is 0 Å².